The van der Waals surface area contributed by atoms with Gasteiger partial charge in [-0.3, -0.25) is 0 Å². The molecule has 1 aliphatic heterocycles. The van der Waals surface area contributed by atoms with E-state index in [-0.39, 0.29) is 0 Å². The molecule has 0 unspecified atom stereocenters. The van der Waals surface area contributed by atoms with Gasteiger partial charge in [-0.1, -0.05) is 0 Å². The Kier molecular flexibility index (Phi) is 1.74. The van der Waals surface area contributed by atoms with Crippen molar-refractivity contribution in [3.05, 3.63) is 30.1 Å². The Bertz CT molecular complexity index is 501. The van der Waals surface area contributed by atoms with Gasteiger partial charge in [0, 0.05) is 24.8 Å². The van der Waals surface area contributed by atoms with Crippen LogP contribution in [0.5, 0.6) is 0 Å². The molecule has 0 aliphatic carbocycles. The minimum atomic E-state index is 0.921. The fourth-order valence-corrected chi connectivity index (χ4v) is 1.99. The van der Waals surface area contributed by atoms with Crippen LogP contribution in [-0.2, 0) is 13.5 Å². The minimum Gasteiger partial charge on any atom is -0.384 e. The summed E-state index contributed by atoms with van der Waals surface area (Å²) in [7, 11) is 1.96. The summed E-state index contributed by atoms with van der Waals surface area (Å²) in [4.78, 5) is 0. The number of hydrogen-bond acceptors (Lipinski definition) is 3. The summed E-state index contributed by atoms with van der Waals surface area (Å²) in [6, 6.07) is 6.40. The third-order valence-corrected chi connectivity index (χ3v) is 2.78. The second-order valence-corrected chi connectivity index (χ2v) is 3.81. The second-order valence-electron chi connectivity index (χ2n) is 3.81. The normalized spacial score (nSPS) is 13.7. The molecule has 2 heterocycles. The first-order valence-corrected chi connectivity index (χ1v) is 5.06. The third kappa shape index (κ3) is 1.29. The maximum Gasteiger partial charge on any atom is 0.163 e. The van der Waals surface area contributed by atoms with Gasteiger partial charge in [-0.15, -0.1) is 10.2 Å². The summed E-state index contributed by atoms with van der Waals surface area (Å²) in [5.41, 5.74) is 3.76. The van der Waals surface area contributed by atoms with E-state index in [9.17, 15) is 0 Å². The van der Waals surface area contributed by atoms with Crippen molar-refractivity contribution in [1.82, 2.24) is 14.8 Å². The van der Waals surface area contributed by atoms with Gasteiger partial charge < -0.3 is 9.88 Å². The molecule has 4 heteroatoms. The molecule has 1 aromatic heterocycles. The van der Waals surface area contributed by atoms with Crippen molar-refractivity contribution in [3.63, 3.8) is 0 Å². The molecule has 76 valence electrons. The Balaban J connectivity index is 2.11. The van der Waals surface area contributed by atoms with Gasteiger partial charge in [-0.05, 0) is 30.2 Å². The molecule has 2 aromatic rings. The Morgan fingerprint density at radius 2 is 2.33 bits per heavy atom. The number of hydrogen-bond donors (Lipinski definition) is 1. The molecule has 0 radical (unpaired) electrons. The Labute approximate surface area is 88.0 Å². The Morgan fingerprint density at radius 3 is 3.13 bits per heavy atom. The van der Waals surface area contributed by atoms with Crippen molar-refractivity contribution in [2.24, 2.45) is 7.05 Å². The summed E-state index contributed by atoms with van der Waals surface area (Å²) in [6.07, 6.45) is 2.82. The number of rotatable bonds is 1. The molecular weight excluding hydrogens is 188 g/mol. The zero-order valence-electron chi connectivity index (χ0n) is 8.57. The van der Waals surface area contributed by atoms with Gasteiger partial charge in [-0.25, -0.2) is 0 Å². The minimum absolute atomic E-state index is 0.921. The Hall–Kier alpha value is -1.84. The van der Waals surface area contributed by atoms with Crippen molar-refractivity contribution in [1.29, 1.82) is 0 Å². The number of aryl methyl sites for hydroxylation is 1. The van der Waals surface area contributed by atoms with Crippen LogP contribution >= 0.6 is 0 Å². The summed E-state index contributed by atoms with van der Waals surface area (Å²) < 4.78 is 1.93. The molecule has 0 spiro atoms. The standard InChI is InChI=1S/C11H12N4/c1-15-7-13-14-11(15)9-2-3-10-8(6-9)4-5-12-10/h2-3,6-7,12H,4-5H2,1H3. The van der Waals surface area contributed by atoms with E-state index in [0.29, 0.717) is 0 Å². The van der Waals surface area contributed by atoms with Crippen LogP contribution in [-0.4, -0.2) is 21.3 Å². The van der Waals surface area contributed by atoms with E-state index in [1.807, 2.05) is 11.6 Å². The van der Waals surface area contributed by atoms with Crippen molar-refractivity contribution < 1.29 is 0 Å². The number of fused-ring (bicyclic) bond motifs is 1. The lowest BCUT2D eigenvalue weighted by molar-refractivity contribution is 0.919. The number of anilines is 1. The van der Waals surface area contributed by atoms with Crippen LogP contribution in [0.1, 0.15) is 5.56 Å². The first kappa shape index (κ1) is 8.47. The maximum atomic E-state index is 4.10. The quantitative estimate of drug-likeness (QED) is 0.757. The summed E-state index contributed by atoms with van der Waals surface area (Å²) in [5, 5.41) is 11.3. The predicted octanol–water partition coefficient (Wildman–Crippen LogP) is 1.45. The lowest BCUT2D eigenvalue weighted by Gasteiger charge is -2.03. The highest BCUT2D eigenvalue weighted by Crippen LogP contribution is 2.27. The second kappa shape index (κ2) is 3.08. The molecule has 0 saturated carbocycles. The molecular formula is C11H12N4. The highest BCUT2D eigenvalue weighted by atomic mass is 15.2. The van der Waals surface area contributed by atoms with Crippen LogP contribution in [0.4, 0.5) is 5.69 Å². The van der Waals surface area contributed by atoms with Crippen molar-refractivity contribution in [2.75, 3.05) is 11.9 Å². The fraction of sp³-hybridized carbons (Fsp3) is 0.273. The molecule has 0 fully saturated rings. The zero-order chi connectivity index (χ0) is 10.3. The van der Waals surface area contributed by atoms with Crippen LogP contribution in [0.2, 0.25) is 0 Å². The van der Waals surface area contributed by atoms with Crippen LogP contribution < -0.4 is 5.32 Å². The summed E-state index contributed by atoms with van der Waals surface area (Å²) >= 11 is 0. The fourth-order valence-electron chi connectivity index (χ4n) is 1.99. The van der Waals surface area contributed by atoms with E-state index in [4.69, 9.17) is 0 Å². The topological polar surface area (TPSA) is 42.7 Å². The van der Waals surface area contributed by atoms with Crippen molar-refractivity contribution in [2.45, 2.75) is 6.42 Å². The average molecular weight is 200 g/mol. The molecule has 0 atom stereocenters. The molecule has 1 aromatic carbocycles. The molecule has 1 aliphatic rings. The van der Waals surface area contributed by atoms with E-state index < -0.39 is 0 Å². The molecule has 0 bridgehead atoms. The van der Waals surface area contributed by atoms with Gasteiger partial charge in [0.15, 0.2) is 5.82 Å². The van der Waals surface area contributed by atoms with Gasteiger partial charge in [0.1, 0.15) is 6.33 Å². The van der Waals surface area contributed by atoms with E-state index in [1.165, 1.54) is 11.3 Å². The highest BCUT2D eigenvalue weighted by molar-refractivity contribution is 5.65. The number of nitrogens with one attached hydrogen (secondary N) is 1. The number of nitrogens with zero attached hydrogens (tertiary/aromatic N) is 3. The summed E-state index contributed by atoms with van der Waals surface area (Å²) in [6.45, 7) is 1.04. The van der Waals surface area contributed by atoms with Crippen molar-refractivity contribution in [3.8, 4) is 11.4 Å². The van der Waals surface area contributed by atoms with Crippen LogP contribution in [0, 0.1) is 0 Å². The summed E-state index contributed by atoms with van der Waals surface area (Å²) in [5.74, 6) is 0.921. The molecule has 1 N–H and O–H groups in total. The largest absolute Gasteiger partial charge is 0.384 e. The van der Waals surface area contributed by atoms with E-state index in [1.54, 1.807) is 6.33 Å². The van der Waals surface area contributed by atoms with E-state index in [0.717, 1.165) is 24.4 Å². The molecule has 0 amide bonds. The van der Waals surface area contributed by atoms with Crippen LogP contribution in [0.25, 0.3) is 11.4 Å². The van der Waals surface area contributed by atoms with Crippen LogP contribution in [0.15, 0.2) is 24.5 Å². The smallest absolute Gasteiger partial charge is 0.163 e. The maximum absolute atomic E-state index is 4.10. The lowest BCUT2D eigenvalue weighted by Crippen LogP contribution is -1.92. The van der Waals surface area contributed by atoms with Gasteiger partial charge in [0.05, 0.1) is 0 Å². The number of aromatic nitrogens is 3. The van der Waals surface area contributed by atoms with Crippen molar-refractivity contribution >= 4 is 5.69 Å². The molecule has 3 rings (SSSR count). The molecule has 15 heavy (non-hydrogen) atoms. The first-order valence-electron chi connectivity index (χ1n) is 5.06. The van der Waals surface area contributed by atoms with Gasteiger partial charge in [-0.2, -0.15) is 0 Å². The third-order valence-electron chi connectivity index (χ3n) is 2.78. The Morgan fingerprint density at radius 1 is 1.40 bits per heavy atom. The lowest BCUT2D eigenvalue weighted by atomic mass is 10.1. The van der Waals surface area contributed by atoms with E-state index in [2.05, 4.69) is 33.7 Å². The van der Waals surface area contributed by atoms with Crippen LogP contribution in [0.3, 0.4) is 0 Å². The molecule has 0 saturated heterocycles. The SMILES string of the molecule is Cn1cnnc1-c1ccc2c(c1)CCN2. The zero-order valence-corrected chi connectivity index (χ0v) is 8.57. The number of benzene rings is 1. The highest BCUT2D eigenvalue weighted by Gasteiger charge is 2.12. The van der Waals surface area contributed by atoms with E-state index >= 15 is 0 Å². The monoisotopic (exact) mass is 200 g/mol. The predicted molar refractivity (Wildman–Crippen MR) is 58.6 cm³/mol. The first-order chi connectivity index (χ1) is 7.34. The van der Waals surface area contributed by atoms with Gasteiger partial charge in [0.2, 0.25) is 0 Å². The average Bonchev–Trinajstić information content (AvgIpc) is 2.84. The molecule has 4 nitrogen and oxygen atoms in total. The van der Waals surface area contributed by atoms with Gasteiger partial charge >= 0.3 is 0 Å². The van der Waals surface area contributed by atoms with Gasteiger partial charge in [0.25, 0.3) is 0 Å².